The Morgan fingerprint density at radius 3 is 2.36 bits per heavy atom. The molecule has 3 heteroatoms. The van der Waals surface area contributed by atoms with Gasteiger partial charge in [-0.25, -0.2) is 0 Å². The highest BCUT2D eigenvalue weighted by atomic mass is 35.5. The lowest BCUT2D eigenvalue weighted by Gasteiger charge is -2.09. The number of hydrogen-bond acceptors (Lipinski definition) is 2. The van der Waals surface area contributed by atoms with E-state index in [-0.39, 0.29) is 12.4 Å². The smallest absolute Gasteiger partial charge is 0.162 e. The third-order valence-corrected chi connectivity index (χ3v) is 2.28. The fourth-order valence-corrected chi connectivity index (χ4v) is 0.954. The van der Waals surface area contributed by atoms with E-state index in [4.69, 9.17) is 17.0 Å². The molecule has 0 spiro atoms. The summed E-state index contributed by atoms with van der Waals surface area (Å²) in [5.74, 6) is 0.318. The molecule has 1 aromatic rings. The molecule has 0 atom stereocenters. The van der Waals surface area contributed by atoms with Crippen LogP contribution in [-0.4, -0.2) is 5.05 Å². The maximum atomic E-state index is 5.42. The molecule has 0 bridgehead atoms. The van der Waals surface area contributed by atoms with Crippen molar-refractivity contribution >= 4 is 29.7 Å². The number of halogens is 1. The van der Waals surface area contributed by atoms with Gasteiger partial charge in [0.05, 0.1) is 0 Å². The zero-order valence-corrected chi connectivity index (χ0v) is 10.0. The quantitative estimate of drug-likeness (QED) is 0.734. The molecule has 1 nitrogen and oxygen atoms in total. The Kier molecular flexibility index (Phi) is 6.50. The predicted molar refractivity (Wildman–Crippen MR) is 65.9 cm³/mol. The molecule has 0 heterocycles. The summed E-state index contributed by atoms with van der Waals surface area (Å²) in [4.78, 5) is 0. The zero-order valence-electron chi connectivity index (χ0n) is 8.40. The van der Waals surface area contributed by atoms with E-state index in [1.165, 1.54) is 0 Å². The van der Waals surface area contributed by atoms with Gasteiger partial charge in [-0.1, -0.05) is 44.2 Å². The van der Waals surface area contributed by atoms with Crippen molar-refractivity contribution in [3.63, 3.8) is 0 Å². The van der Waals surface area contributed by atoms with Crippen molar-refractivity contribution in [2.24, 2.45) is 5.92 Å². The molecule has 0 amide bonds. The summed E-state index contributed by atoms with van der Waals surface area (Å²) in [6.45, 7) is 4.65. The van der Waals surface area contributed by atoms with Gasteiger partial charge in [0.2, 0.25) is 0 Å². The van der Waals surface area contributed by atoms with Gasteiger partial charge >= 0.3 is 0 Å². The normalized spacial score (nSPS) is 9.36. The van der Waals surface area contributed by atoms with Gasteiger partial charge in [-0.05, 0) is 17.8 Å². The highest BCUT2D eigenvalue weighted by Gasteiger charge is 2.02. The predicted octanol–water partition coefficient (Wildman–Crippen LogP) is 3.61. The van der Waals surface area contributed by atoms with Crippen LogP contribution < -0.4 is 0 Å². The van der Waals surface area contributed by atoms with Crippen LogP contribution in [0.4, 0.5) is 0 Å². The molecule has 0 unspecified atom stereocenters. The Labute approximate surface area is 96.9 Å². The van der Waals surface area contributed by atoms with E-state index in [2.05, 4.69) is 0 Å². The number of ether oxygens (including phenoxy) is 1. The van der Waals surface area contributed by atoms with Gasteiger partial charge in [0.1, 0.15) is 6.61 Å². The molecule has 0 aliphatic heterocycles. The first kappa shape index (κ1) is 13.4. The van der Waals surface area contributed by atoms with E-state index in [1.54, 1.807) is 0 Å². The molecule has 78 valence electrons. The Morgan fingerprint density at radius 2 is 1.86 bits per heavy atom. The first-order valence-electron chi connectivity index (χ1n) is 4.40. The van der Waals surface area contributed by atoms with Gasteiger partial charge in [-0.15, -0.1) is 12.4 Å². The first-order chi connectivity index (χ1) is 6.20. The summed E-state index contributed by atoms with van der Waals surface area (Å²) in [7, 11) is 0. The van der Waals surface area contributed by atoms with Gasteiger partial charge in [-0.2, -0.15) is 0 Å². The van der Waals surface area contributed by atoms with Crippen LogP contribution in [0, 0.1) is 5.92 Å². The highest BCUT2D eigenvalue weighted by Crippen LogP contribution is 2.05. The van der Waals surface area contributed by atoms with Gasteiger partial charge in [0, 0.05) is 5.92 Å². The van der Waals surface area contributed by atoms with Crippen molar-refractivity contribution in [2.75, 3.05) is 0 Å². The minimum atomic E-state index is 0. The van der Waals surface area contributed by atoms with Crippen LogP contribution >= 0.6 is 24.6 Å². The van der Waals surface area contributed by atoms with Crippen molar-refractivity contribution in [1.29, 1.82) is 0 Å². The maximum absolute atomic E-state index is 5.42. The van der Waals surface area contributed by atoms with Crippen molar-refractivity contribution < 1.29 is 4.74 Å². The lowest BCUT2D eigenvalue weighted by molar-refractivity contribution is 0.283. The average Bonchev–Trinajstić information content (AvgIpc) is 2.15. The molecular formula is C11H15ClOS. The van der Waals surface area contributed by atoms with Gasteiger partial charge in [-0.3, -0.25) is 0 Å². The minimum absolute atomic E-state index is 0. The van der Waals surface area contributed by atoms with Gasteiger partial charge in [0.15, 0.2) is 5.05 Å². The SMILES string of the molecule is CC(C)C(=S)OCc1ccccc1.Cl. The Bertz CT molecular complexity index is 272. The van der Waals surface area contributed by atoms with Crippen LogP contribution in [0.5, 0.6) is 0 Å². The monoisotopic (exact) mass is 230 g/mol. The van der Waals surface area contributed by atoms with Crippen LogP contribution in [0.15, 0.2) is 30.3 Å². The van der Waals surface area contributed by atoms with Crippen LogP contribution in [0.25, 0.3) is 0 Å². The number of thiocarbonyl (C=S) groups is 1. The van der Waals surface area contributed by atoms with E-state index in [1.807, 2.05) is 44.2 Å². The van der Waals surface area contributed by atoms with Crippen molar-refractivity contribution in [2.45, 2.75) is 20.5 Å². The number of benzene rings is 1. The van der Waals surface area contributed by atoms with E-state index in [9.17, 15) is 0 Å². The fourth-order valence-electron chi connectivity index (χ4n) is 0.895. The summed E-state index contributed by atoms with van der Waals surface area (Å²) >= 11 is 5.05. The molecule has 14 heavy (non-hydrogen) atoms. The van der Waals surface area contributed by atoms with E-state index >= 15 is 0 Å². The zero-order chi connectivity index (χ0) is 9.68. The first-order valence-corrected chi connectivity index (χ1v) is 4.81. The maximum Gasteiger partial charge on any atom is 0.162 e. The number of rotatable bonds is 3. The van der Waals surface area contributed by atoms with Crippen LogP contribution in [0.2, 0.25) is 0 Å². The third-order valence-electron chi connectivity index (χ3n) is 1.70. The molecule has 1 rings (SSSR count). The van der Waals surface area contributed by atoms with E-state index < -0.39 is 0 Å². The van der Waals surface area contributed by atoms with Crippen LogP contribution in [0.1, 0.15) is 19.4 Å². The summed E-state index contributed by atoms with van der Waals surface area (Å²) in [5, 5.41) is 0.684. The molecule has 0 aromatic heterocycles. The Balaban J connectivity index is 0.00000169. The van der Waals surface area contributed by atoms with Gasteiger partial charge < -0.3 is 4.74 Å². The third kappa shape index (κ3) is 4.58. The second kappa shape index (κ2) is 6.80. The minimum Gasteiger partial charge on any atom is -0.482 e. The van der Waals surface area contributed by atoms with Crippen LogP contribution in [-0.2, 0) is 11.3 Å². The molecule has 0 N–H and O–H groups in total. The molecule has 0 aliphatic carbocycles. The van der Waals surface area contributed by atoms with E-state index in [0.717, 1.165) is 5.56 Å². The van der Waals surface area contributed by atoms with Crippen molar-refractivity contribution in [3.05, 3.63) is 35.9 Å². The average molecular weight is 231 g/mol. The van der Waals surface area contributed by atoms with Gasteiger partial charge in [0.25, 0.3) is 0 Å². The van der Waals surface area contributed by atoms with E-state index in [0.29, 0.717) is 17.6 Å². The molecule has 0 radical (unpaired) electrons. The number of hydrogen-bond donors (Lipinski definition) is 0. The molecule has 0 aliphatic rings. The van der Waals surface area contributed by atoms with Crippen molar-refractivity contribution in [1.82, 2.24) is 0 Å². The largest absolute Gasteiger partial charge is 0.482 e. The molecule has 1 aromatic carbocycles. The second-order valence-electron chi connectivity index (χ2n) is 3.25. The molecule has 0 saturated carbocycles. The molecule has 0 saturated heterocycles. The molecular weight excluding hydrogens is 216 g/mol. The lowest BCUT2D eigenvalue weighted by Crippen LogP contribution is -2.08. The second-order valence-corrected chi connectivity index (χ2v) is 3.65. The summed E-state index contributed by atoms with van der Waals surface area (Å²) in [5.41, 5.74) is 1.16. The Morgan fingerprint density at radius 1 is 1.29 bits per heavy atom. The summed E-state index contributed by atoms with van der Waals surface area (Å²) in [6, 6.07) is 10.0. The lowest BCUT2D eigenvalue weighted by atomic mass is 10.2. The van der Waals surface area contributed by atoms with Crippen LogP contribution in [0.3, 0.4) is 0 Å². The highest BCUT2D eigenvalue weighted by molar-refractivity contribution is 7.80. The fraction of sp³-hybridized carbons (Fsp3) is 0.364. The van der Waals surface area contributed by atoms with Crippen molar-refractivity contribution in [3.8, 4) is 0 Å². The summed E-state index contributed by atoms with van der Waals surface area (Å²) in [6.07, 6.45) is 0. The summed E-state index contributed by atoms with van der Waals surface area (Å²) < 4.78 is 5.42. The standard InChI is InChI=1S/C11H14OS.ClH/c1-9(2)11(13)12-8-10-6-4-3-5-7-10;/h3-7,9H,8H2,1-2H3;1H. The molecule has 0 fully saturated rings. The Hall–Kier alpha value is -0.600. The topological polar surface area (TPSA) is 9.23 Å².